The molecular formula is C19H19ClFNO3S. The lowest BCUT2D eigenvalue weighted by Crippen LogP contribution is -2.17. The Hall–Kier alpha value is -2.05. The molecule has 2 aromatic rings. The second-order valence-electron chi connectivity index (χ2n) is 5.72. The second-order valence-corrected chi connectivity index (χ2v) is 7.11. The van der Waals surface area contributed by atoms with E-state index >= 15 is 0 Å². The predicted molar refractivity (Wildman–Crippen MR) is 103 cm³/mol. The van der Waals surface area contributed by atoms with Crippen molar-refractivity contribution < 1.29 is 18.7 Å². The maximum absolute atomic E-state index is 13.6. The van der Waals surface area contributed by atoms with Crippen LogP contribution in [0.5, 0.6) is 0 Å². The Bertz CT molecular complexity index is 793. The summed E-state index contributed by atoms with van der Waals surface area (Å²) in [4.78, 5) is 23.7. The molecule has 0 fully saturated rings. The first kappa shape index (κ1) is 20.3. The van der Waals surface area contributed by atoms with Crippen LogP contribution in [0.3, 0.4) is 0 Å². The Labute approximate surface area is 161 Å². The third-order valence-corrected chi connectivity index (χ3v) is 4.81. The van der Waals surface area contributed by atoms with Crippen molar-refractivity contribution in [3.63, 3.8) is 0 Å². The molecule has 0 unspecified atom stereocenters. The third-order valence-electron chi connectivity index (χ3n) is 3.55. The van der Waals surface area contributed by atoms with Crippen LogP contribution in [0.25, 0.3) is 0 Å². The summed E-state index contributed by atoms with van der Waals surface area (Å²) in [5, 5.41) is 3.01. The number of anilines is 1. The first-order valence-electron chi connectivity index (χ1n) is 7.90. The zero-order chi connectivity index (χ0) is 19.1. The summed E-state index contributed by atoms with van der Waals surface area (Å²) in [6.45, 7) is 3.66. The number of nitrogens with one attached hydrogen (secondary N) is 1. The largest absolute Gasteiger partial charge is 0.460 e. The molecule has 0 radical (unpaired) electrons. The first-order chi connectivity index (χ1) is 12.4. The zero-order valence-electron chi connectivity index (χ0n) is 14.5. The fourth-order valence-corrected chi connectivity index (χ4v) is 3.06. The SMILES string of the molecule is Cc1ccc(NC(=O)CSCC(=O)OCc2c(F)cccc2Cl)c(C)c1. The molecule has 0 spiro atoms. The van der Waals surface area contributed by atoms with E-state index in [4.69, 9.17) is 16.3 Å². The Morgan fingerprint density at radius 1 is 1.19 bits per heavy atom. The summed E-state index contributed by atoms with van der Waals surface area (Å²) in [6, 6.07) is 10.0. The molecule has 1 amide bonds. The van der Waals surface area contributed by atoms with Gasteiger partial charge in [-0.25, -0.2) is 4.39 Å². The molecule has 0 aromatic heterocycles. The molecule has 7 heteroatoms. The molecule has 26 heavy (non-hydrogen) atoms. The minimum absolute atomic E-state index is 0.00757. The Kier molecular flexibility index (Phi) is 7.48. The molecule has 0 aliphatic rings. The fourth-order valence-electron chi connectivity index (χ4n) is 2.23. The molecular weight excluding hydrogens is 377 g/mol. The van der Waals surface area contributed by atoms with Gasteiger partial charge in [0.2, 0.25) is 5.91 Å². The molecule has 1 N–H and O–H groups in total. The van der Waals surface area contributed by atoms with Gasteiger partial charge in [-0.2, -0.15) is 0 Å². The van der Waals surface area contributed by atoms with E-state index in [0.29, 0.717) is 0 Å². The highest BCUT2D eigenvalue weighted by Gasteiger charge is 2.12. The maximum atomic E-state index is 13.6. The van der Waals surface area contributed by atoms with Crippen molar-refractivity contribution in [1.29, 1.82) is 0 Å². The van der Waals surface area contributed by atoms with Crippen molar-refractivity contribution in [3.8, 4) is 0 Å². The van der Waals surface area contributed by atoms with E-state index in [0.717, 1.165) is 28.6 Å². The van der Waals surface area contributed by atoms with Crippen LogP contribution in [0.2, 0.25) is 5.02 Å². The Morgan fingerprint density at radius 3 is 2.65 bits per heavy atom. The van der Waals surface area contributed by atoms with E-state index in [1.165, 1.54) is 18.2 Å². The van der Waals surface area contributed by atoms with E-state index in [9.17, 15) is 14.0 Å². The maximum Gasteiger partial charge on any atom is 0.316 e. The lowest BCUT2D eigenvalue weighted by atomic mass is 10.1. The normalized spacial score (nSPS) is 10.5. The molecule has 0 aliphatic heterocycles. The average Bonchev–Trinajstić information content (AvgIpc) is 2.57. The van der Waals surface area contributed by atoms with Crippen molar-refractivity contribution in [1.82, 2.24) is 0 Å². The van der Waals surface area contributed by atoms with Gasteiger partial charge in [0.05, 0.1) is 16.5 Å². The van der Waals surface area contributed by atoms with Crippen molar-refractivity contribution >= 4 is 40.9 Å². The third kappa shape index (κ3) is 6.04. The van der Waals surface area contributed by atoms with E-state index in [-0.39, 0.29) is 34.6 Å². The highest BCUT2D eigenvalue weighted by Crippen LogP contribution is 2.20. The van der Waals surface area contributed by atoms with E-state index in [1.54, 1.807) is 0 Å². The van der Waals surface area contributed by atoms with Gasteiger partial charge in [-0.1, -0.05) is 35.4 Å². The number of amides is 1. The molecule has 0 bridgehead atoms. The van der Waals surface area contributed by atoms with Crippen LogP contribution in [-0.4, -0.2) is 23.4 Å². The zero-order valence-corrected chi connectivity index (χ0v) is 16.0. The van der Waals surface area contributed by atoms with Crippen molar-refractivity contribution in [2.75, 3.05) is 16.8 Å². The number of hydrogen-bond acceptors (Lipinski definition) is 4. The van der Waals surface area contributed by atoms with Gasteiger partial charge in [0.25, 0.3) is 0 Å². The van der Waals surface area contributed by atoms with Crippen molar-refractivity contribution in [2.45, 2.75) is 20.5 Å². The topological polar surface area (TPSA) is 55.4 Å². The number of esters is 1. The molecule has 0 saturated heterocycles. The lowest BCUT2D eigenvalue weighted by molar-refractivity contribution is -0.141. The van der Waals surface area contributed by atoms with Gasteiger partial charge >= 0.3 is 5.97 Å². The minimum Gasteiger partial charge on any atom is -0.460 e. The number of carbonyl (C=O) groups excluding carboxylic acids is 2. The van der Waals surface area contributed by atoms with Crippen molar-refractivity contribution in [2.24, 2.45) is 0 Å². The van der Waals surface area contributed by atoms with E-state index in [2.05, 4.69) is 5.32 Å². The van der Waals surface area contributed by atoms with Gasteiger partial charge in [-0.3, -0.25) is 9.59 Å². The summed E-state index contributed by atoms with van der Waals surface area (Å²) in [5.41, 5.74) is 2.98. The van der Waals surface area contributed by atoms with Gasteiger partial charge < -0.3 is 10.1 Å². The highest BCUT2D eigenvalue weighted by molar-refractivity contribution is 8.00. The van der Waals surface area contributed by atoms with Gasteiger partial charge in [0.1, 0.15) is 12.4 Å². The molecule has 4 nitrogen and oxygen atoms in total. The van der Waals surface area contributed by atoms with E-state index < -0.39 is 11.8 Å². The summed E-state index contributed by atoms with van der Waals surface area (Å²) in [7, 11) is 0. The minimum atomic E-state index is -0.534. The van der Waals surface area contributed by atoms with Gasteiger partial charge in [0, 0.05) is 11.3 Å². The van der Waals surface area contributed by atoms with Gasteiger partial charge in [-0.15, -0.1) is 11.8 Å². The second kappa shape index (κ2) is 9.59. The van der Waals surface area contributed by atoms with Crippen LogP contribution in [0, 0.1) is 19.7 Å². The Balaban J connectivity index is 1.73. The van der Waals surface area contributed by atoms with Crippen LogP contribution >= 0.6 is 23.4 Å². The number of thioether (sulfide) groups is 1. The molecule has 138 valence electrons. The number of rotatable bonds is 7. The van der Waals surface area contributed by atoms with Crippen LogP contribution in [0.15, 0.2) is 36.4 Å². The van der Waals surface area contributed by atoms with Crippen molar-refractivity contribution in [3.05, 3.63) is 63.9 Å². The average molecular weight is 396 g/mol. The predicted octanol–water partition coefficient (Wildman–Crippen LogP) is 4.51. The van der Waals surface area contributed by atoms with Crippen LogP contribution < -0.4 is 5.32 Å². The molecule has 0 saturated carbocycles. The van der Waals surface area contributed by atoms with Crippen LogP contribution in [0.1, 0.15) is 16.7 Å². The number of aryl methyl sites for hydroxylation is 2. The summed E-state index contributed by atoms with van der Waals surface area (Å²) in [6.07, 6.45) is 0. The molecule has 0 heterocycles. The highest BCUT2D eigenvalue weighted by atomic mass is 35.5. The first-order valence-corrected chi connectivity index (χ1v) is 9.43. The van der Waals surface area contributed by atoms with Crippen LogP contribution in [0.4, 0.5) is 10.1 Å². The number of carbonyl (C=O) groups is 2. The molecule has 0 aliphatic carbocycles. The summed E-state index contributed by atoms with van der Waals surface area (Å²) < 4.78 is 18.6. The number of halogens is 2. The molecule has 2 aromatic carbocycles. The molecule has 0 atom stereocenters. The van der Waals surface area contributed by atoms with Crippen LogP contribution in [-0.2, 0) is 20.9 Å². The number of ether oxygens (including phenoxy) is 1. The summed E-state index contributed by atoms with van der Waals surface area (Å²) >= 11 is 7.00. The van der Waals surface area contributed by atoms with Gasteiger partial charge in [0.15, 0.2) is 0 Å². The number of hydrogen-bond donors (Lipinski definition) is 1. The van der Waals surface area contributed by atoms with E-state index in [1.807, 2.05) is 32.0 Å². The number of benzene rings is 2. The summed E-state index contributed by atoms with van der Waals surface area (Å²) in [5.74, 6) is -1.15. The monoisotopic (exact) mass is 395 g/mol. The quantitative estimate of drug-likeness (QED) is 0.701. The fraction of sp³-hybridized carbons (Fsp3) is 0.263. The standard InChI is InChI=1S/C19H19ClFNO3S/c1-12-6-7-17(13(2)8-12)22-18(23)10-26-11-19(24)25-9-14-15(20)4-3-5-16(14)21/h3-8H,9-11H2,1-2H3,(H,22,23). The lowest BCUT2D eigenvalue weighted by Gasteiger charge is -2.09. The molecule has 2 rings (SSSR count). The smallest absolute Gasteiger partial charge is 0.316 e. The Morgan fingerprint density at radius 2 is 1.96 bits per heavy atom. The van der Waals surface area contributed by atoms with Gasteiger partial charge in [-0.05, 0) is 37.6 Å².